The fourth-order valence-corrected chi connectivity index (χ4v) is 2.74. The Kier molecular flexibility index (Phi) is 6.19. The van der Waals surface area contributed by atoms with Crippen LogP contribution in [-0.4, -0.2) is 21.6 Å². The van der Waals surface area contributed by atoms with Crippen molar-refractivity contribution >= 4 is 23.2 Å². The Balaban J connectivity index is 1.65. The molecular weight excluding hydrogens is 368 g/mol. The number of amides is 2. The lowest BCUT2D eigenvalue weighted by molar-refractivity contribution is -0.116. The third-order valence-electron chi connectivity index (χ3n) is 4.35. The number of nitrogens with zero attached hydrogens (tertiary/aromatic N) is 2. The van der Waals surface area contributed by atoms with Gasteiger partial charge < -0.3 is 10.6 Å². The van der Waals surface area contributed by atoms with Gasteiger partial charge in [-0.1, -0.05) is 30.3 Å². The Morgan fingerprint density at radius 3 is 2.48 bits per heavy atom. The molecule has 0 unspecified atom stereocenters. The number of carbonyl (C=O) groups excluding carboxylic acids is 2. The molecule has 0 fully saturated rings. The Morgan fingerprint density at radius 2 is 1.72 bits per heavy atom. The van der Waals surface area contributed by atoms with E-state index in [-0.39, 0.29) is 30.1 Å². The maximum atomic E-state index is 12.4. The van der Waals surface area contributed by atoms with Gasteiger partial charge in [-0.3, -0.25) is 14.4 Å². The maximum Gasteiger partial charge on any atom is 0.276 e. The van der Waals surface area contributed by atoms with Crippen molar-refractivity contribution in [1.29, 1.82) is 0 Å². The van der Waals surface area contributed by atoms with Gasteiger partial charge in [0.05, 0.1) is 6.54 Å². The van der Waals surface area contributed by atoms with Gasteiger partial charge in [0, 0.05) is 23.9 Å². The Labute approximate surface area is 168 Å². The number of nitrogens with one attached hydrogen (secondary N) is 2. The van der Waals surface area contributed by atoms with Gasteiger partial charge in [-0.15, -0.1) is 0 Å². The number of benzene rings is 2. The molecular formula is C22H22N4O3. The maximum absolute atomic E-state index is 12.4. The molecule has 148 valence electrons. The van der Waals surface area contributed by atoms with E-state index in [1.807, 2.05) is 38.1 Å². The largest absolute Gasteiger partial charge is 0.326 e. The van der Waals surface area contributed by atoms with Gasteiger partial charge in [0.2, 0.25) is 5.91 Å². The molecule has 0 saturated heterocycles. The Bertz CT molecular complexity index is 1090. The second kappa shape index (κ2) is 8.97. The van der Waals surface area contributed by atoms with Crippen LogP contribution in [0.4, 0.5) is 11.4 Å². The van der Waals surface area contributed by atoms with Crippen LogP contribution in [0.25, 0.3) is 0 Å². The summed E-state index contributed by atoms with van der Waals surface area (Å²) in [6.07, 6.45) is 0.0596. The summed E-state index contributed by atoms with van der Waals surface area (Å²) in [5, 5.41) is 9.66. The summed E-state index contributed by atoms with van der Waals surface area (Å²) in [7, 11) is 0. The predicted octanol–water partition coefficient (Wildman–Crippen LogP) is 3.14. The van der Waals surface area contributed by atoms with Crippen LogP contribution in [-0.2, 0) is 11.3 Å². The van der Waals surface area contributed by atoms with Crippen LogP contribution in [0.5, 0.6) is 0 Å². The minimum absolute atomic E-state index is 0.0596. The van der Waals surface area contributed by atoms with Crippen molar-refractivity contribution in [2.75, 3.05) is 10.6 Å². The fraction of sp³-hybridized carbons (Fsp3) is 0.182. The van der Waals surface area contributed by atoms with Crippen LogP contribution in [0.1, 0.15) is 28.0 Å². The van der Waals surface area contributed by atoms with E-state index in [1.54, 1.807) is 24.3 Å². The summed E-state index contributed by atoms with van der Waals surface area (Å²) in [5.74, 6) is -0.656. The zero-order valence-electron chi connectivity index (χ0n) is 16.3. The van der Waals surface area contributed by atoms with E-state index in [9.17, 15) is 14.4 Å². The first-order chi connectivity index (χ1) is 13.9. The lowest BCUT2D eigenvalue weighted by Gasteiger charge is -2.10. The molecule has 29 heavy (non-hydrogen) atoms. The van der Waals surface area contributed by atoms with Crippen LogP contribution in [0.2, 0.25) is 0 Å². The molecule has 3 aromatic rings. The number of anilines is 2. The molecule has 0 radical (unpaired) electrons. The molecule has 2 aromatic carbocycles. The Hall–Kier alpha value is -3.74. The molecule has 2 N–H and O–H groups in total. The van der Waals surface area contributed by atoms with Gasteiger partial charge in [-0.05, 0) is 49.2 Å². The first-order valence-corrected chi connectivity index (χ1v) is 9.24. The van der Waals surface area contributed by atoms with E-state index in [4.69, 9.17) is 0 Å². The predicted molar refractivity (Wildman–Crippen MR) is 112 cm³/mol. The van der Waals surface area contributed by atoms with E-state index < -0.39 is 5.91 Å². The normalized spacial score (nSPS) is 10.4. The topological polar surface area (TPSA) is 93.1 Å². The van der Waals surface area contributed by atoms with Gasteiger partial charge in [0.15, 0.2) is 0 Å². The van der Waals surface area contributed by atoms with Crippen molar-refractivity contribution in [2.45, 2.75) is 26.8 Å². The summed E-state index contributed by atoms with van der Waals surface area (Å²) in [6.45, 7) is 3.93. The average Bonchev–Trinajstić information content (AvgIpc) is 2.71. The molecule has 0 spiro atoms. The molecule has 1 aromatic heterocycles. The highest BCUT2D eigenvalue weighted by atomic mass is 16.2. The van der Waals surface area contributed by atoms with Gasteiger partial charge in [0.1, 0.15) is 5.69 Å². The standard InChI is InChI=1S/C22H22N4O3/c1-15-8-9-16(2)19(14-15)24-20(27)12-13-26-21(28)11-10-18(25-26)22(29)23-17-6-4-3-5-7-17/h3-11,14H,12-13H2,1-2H3,(H,23,29)(H,24,27). The number of para-hydroxylation sites is 1. The smallest absolute Gasteiger partial charge is 0.276 e. The van der Waals surface area contributed by atoms with Crippen molar-refractivity contribution in [2.24, 2.45) is 0 Å². The number of hydrogen-bond donors (Lipinski definition) is 2. The lowest BCUT2D eigenvalue weighted by Crippen LogP contribution is -2.28. The van der Waals surface area contributed by atoms with E-state index >= 15 is 0 Å². The molecule has 0 bridgehead atoms. The summed E-state index contributed by atoms with van der Waals surface area (Å²) in [5.41, 5.74) is 3.10. The van der Waals surface area contributed by atoms with E-state index in [2.05, 4.69) is 15.7 Å². The van der Waals surface area contributed by atoms with Crippen LogP contribution in [0.3, 0.4) is 0 Å². The highest BCUT2D eigenvalue weighted by molar-refractivity contribution is 6.02. The minimum atomic E-state index is -0.426. The van der Waals surface area contributed by atoms with E-state index in [1.165, 1.54) is 12.1 Å². The van der Waals surface area contributed by atoms with Crippen LogP contribution in [0.15, 0.2) is 65.5 Å². The average molecular weight is 390 g/mol. The van der Waals surface area contributed by atoms with Crippen molar-refractivity contribution in [1.82, 2.24) is 9.78 Å². The first-order valence-electron chi connectivity index (χ1n) is 9.24. The molecule has 1 heterocycles. The first kappa shape index (κ1) is 20.0. The zero-order valence-corrected chi connectivity index (χ0v) is 16.3. The lowest BCUT2D eigenvalue weighted by atomic mass is 10.1. The van der Waals surface area contributed by atoms with Crippen molar-refractivity contribution < 1.29 is 9.59 Å². The number of carbonyl (C=O) groups is 2. The Morgan fingerprint density at radius 1 is 0.966 bits per heavy atom. The number of aromatic nitrogens is 2. The van der Waals surface area contributed by atoms with Gasteiger partial charge >= 0.3 is 0 Å². The number of hydrogen-bond acceptors (Lipinski definition) is 4. The molecule has 0 aliphatic heterocycles. The number of aryl methyl sites for hydroxylation is 3. The second-order valence-corrected chi connectivity index (χ2v) is 6.72. The van der Waals surface area contributed by atoms with Crippen molar-refractivity contribution in [3.63, 3.8) is 0 Å². The van der Waals surface area contributed by atoms with Crippen LogP contribution >= 0.6 is 0 Å². The molecule has 2 amide bonds. The highest BCUT2D eigenvalue weighted by Gasteiger charge is 2.11. The van der Waals surface area contributed by atoms with E-state index in [0.717, 1.165) is 21.5 Å². The van der Waals surface area contributed by atoms with Gasteiger partial charge in [-0.25, -0.2) is 4.68 Å². The summed E-state index contributed by atoms with van der Waals surface area (Å²) in [6, 6.07) is 17.4. The third kappa shape index (κ3) is 5.38. The van der Waals surface area contributed by atoms with Crippen molar-refractivity contribution in [3.8, 4) is 0 Å². The summed E-state index contributed by atoms with van der Waals surface area (Å²) >= 11 is 0. The molecule has 3 rings (SSSR count). The van der Waals surface area contributed by atoms with Crippen molar-refractivity contribution in [3.05, 3.63) is 87.8 Å². The third-order valence-corrected chi connectivity index (χ3v) is 4.35. The zero-order chi connectivity index (χ0) is 20.8. The molecule has 0 aliphatic carbocycles. The second-order valence-electron chi connectivity index (χ2n) is 6.72. The monoisotopic (exact) mass is 390 g/mol. The minimum Gasteiger partial charge on any atom is -0.326 e. The van der Waals surface area contributed by atoms with E-state index in [0.29, 0.717) is 5.69 Å². The summed E-state index contributed by atoms with van der Waals surface area (Å²) in [4.78, 5) is 36.7. The fourth-order valence-electron chi connectivity index (χ4n) is 2.74. The van der Waals surface area contributed by atoms with Gasteiger partial charge in [-0.2, -0.15) is 5.10 Å². The molecule has 0 aliphatic rings. The quantitative estimate of drug-likeness (QED) is 0.676. The molecule has 0 atom stereocenters. The molecule has 7 heteroatoms. The number of rotatable bonds is 6. The SMILES string of the molecule is Cc1ccc(C)c(NC(=O)CCn2nc(C(=O)Nc3ccccc3)ccc2=O)c1. The molecule has 0 saturated carbocycles. The van der Waals surface area contributed by atoms with Crippen LogP contribution in [0, 0.1) is 13.8 Å². The summed E-state index contributed by atoms with van der Waals surface area (Å²) < 4.78 is 1.13. The van der Waals surface area contributed by atoms with Gasteiger partial charge in [0.25, 0.3) is 11.5 Å². The molecule has 7 nitrogen and oxygen atoms in total. The highest BCUT2D eigenvalue weighted by Crippen LogP contribution is 2.16. The van der Waals surface area contributed by atoms with Crippen LogP contribution < -0.4 is 16.2 Å².